The van der Waals surface area contributed by atoms with Crippen molar-refractivity contribution in [2.45, 2.75) is 18.5 Å². The van der Waals surface area contributed by atoms with E-state index in [4.69, 9.17) is 0 Å². The summed E-state index contributed by atoms with van der Waals surface area (Å²) in [6, 6.07) is 5.73. The van der Waals surface area contributed by atoms with Crippen LogP contribution in [0.3, 0.4) is 0 Å². The molecule has 2 atom stereocenters. The van der Waals surface area contributed by atoms with Crippen molar-refractivity contribution in [3.05, 3.63) is 49.3 Å². The van der Waals surface area contributed by atoms with Gasteiger partial charge in [0.15, 0.2) is 17.3 Å². The largest absolute Gasteiger partial charge is 0.465 e. The van der Waals surface area contributed by atoms with Crippen LogP contribution in [0, 0.1) is 0 Å². The summed E-state index contributed by atoms with van der Waals surface area (Å²) in [6.45, 7) is 1.10. The second kappa shape index (κ2) is 7.11. The number of anilines is 3. The number of aromatic nitrogens is 7. The minimum Gasteiger partial charge on any atom is -0.465 e. The van der Waals surface area contributed by atoms with E-state index < -0.39 is 6.09 Å². The highest BCUT2D eigenvalue weighted by molar-refractivity contribution is 5.90. The summed E-state index contributed by atoms with van der Waals surface area (Å²) >= 11 is 0. The number of amides is 1. The van der Waals surface area contributed by atoms with Crippen LogP contribution >= 0.6 is 0 Å². The highest BCUT2D eigenvalue weighted by atomic mass is 16.4. The fraction of sp³-hybridized carbons (Fsp3) is 0.250. The Hall–Kier alpha value is -4.35. The number of rotatable bonds is 4. The zero-order chi connectivity index (χ0) is 21.7. The Morgan fingerprint density at radius 1 is 1.06 bits per heavy atom. The molecule has 4 aromatic rings. The Morgan fingerprint density at radius 2 is 1.97 bits per heavy atom. The van der Waals surface area contributed by atoms with Crippen LogP contribution in [0.2, 0.25) is 0 Å². The third kappa shape index (κ3) is 2.95. The van der Waals surface area contributed by atoms with Crippen LogP contribution in [-0.2, 0) is 0 Å². The van der Waals surface area contributed by atoms with Gasteiger partial charge in [-0.1, -0.05) is 0 Å². The standard InChI is InChI=1S/C20H18N10O2/c31-20(32)29-10-12-6-13(29)9-28(12)16-7-17(25-11-24-16)30-19-14(2-1-3-23-19)18(27-30)26-15-8-21-4-5-22-15/h1-5,7-8,11-13H,6,9-10H2,(H,31,32)(H,22,26,27)/t12-,13-/m0/s1. The molecule has 2 fully saturated rings. The van der Waals surface area contributed by atoms with Crippen molar-refractivity contribution >= 4 is 34.6 Å². The van der Waals surface area contributed by atoms with E-state index in [1.165, 1.54) is 11.2 Å². The molecule has 2 N–H and O–H groups in total. The van der Waals surface area contributed by atoms with E-state index in [0.29, 0.717) is 36.2 Å². The second-order valence-corrected chi connectivity index (χ2v) is 7.72. The van der Waals surface area contributed by atoms with Gasteiger partial charge in [-0.15, -0.1) is 5.10 Å². The van der Waals surface area contributed by atoms with Crippen LogP contribution in [0.15, 0.2) is 49.3 Å². The number of hydrogen-bond acceptors (Lipinski definition) is 9. The summed E-state index contributed by atoms with van der Waals surface area (Å²) in [4.78, 5) is 36.7. The van der Waals surface area contributed by atoms with Gasteiger partial charge in [-0.25, -0.2) is 24.7 Å². The van der Waals surface area contributed by atoms with Crippen LogP contribution in [0.4, 0.5) is 22.2 Å². The smallest absolute Gasteiger partial charge is 0.407 e. The van der Waals surface area contributed by atoms with E-state index in [1.54, 1.807) is 29.5 Å². The first-order valence-corrected chi connectivity index (χ1v) is 10.1. The zero-order valence-electron chi connectivity index (χ0n) is 16.8. The first kappa shape index (κ1) is 18.4. The van der Waals surface area contributed by atoms with E-state index in [2.05, 4.69) is 40.2 Å². The fourth-order valence-corrected chi connectivity index (χ4v) is 4.48. The van der Waals surface area contributed by atoms with Crippen molar-refractivity contribution in [1.29, 1.82) is 0 Å². The summed E-state index contributed by atoms with van der Waals surface area (Å²) in [5.41, 5.74) is 0.642. The number of nitrogens with one attached hydrogen (secondary N) is 1. The highest BCUT2D eigenvalue weighted by Crippen LogP contribution is 2.34. The Morgan fingerprint density at radius 3 is 2.75 bits per heavy atom. The van der Waals surface area contributed by atoms with Gasteiger partial charge in [0.1, 0.15) is 18.0 Å². The van der Waals surface area contributed by atoms with E-state index in [-0.39, 0.29) is 12.1 Å². The van der Waals surface area contributed by atoms with Gasteiger partial charge in [-0.05, 0) is 18.6 Å². The molecule has 32 heavy (non-hydrogen) atoms. The van der Waals surface area contributed by atoms with Gasteiger partial charge < -0.3 is 20.2 Å². The molecule has 160 valence electrons. The molecule has 2 saturated heterocycles. The Balaban J connectivity index is 1.35. The number of likely N-dealkylation sites (tertiary alicyclic amines) is 1. The number of pyridine rings is 1. The molecule has 0 saturated carbocycles. The van der Waals surface area contributed by atoms with Crippen molar-refractivity contribution in [3.63, 3.8) is 0 Å². The maximum absolute atomic E-state index is 11.4. The Bertz CT molecular complexity index is 1310. The molecule has 0 unspecified atom stereocenters. The Kier molecular flexibility index (Phi) is 4.09. The topological polar surface area (TPSA) is 138 Å². The summed E-state index contributed by atoms with van der Waals surface area (Å²) in [7, 11) is 0. The molecule has 12 heteroatoms. The lowest BCUT2D eigenvalue weighted by molar-refractivity contribution is 0.137. The quantitative estimate of drug-likeness (QED) is 0.492. The number of fused-ring (bicyclic) bond motifs is 3. The van der Waals surface area contributed by atoms with Crippen molar-refractivity contribution in [2.24, 2.45) is 0 Å². The molecule has 0 aliphatic carbocycles. The molecular weight excluding hydrogens is 412 g/mol. The normalized spacial score (nSPS) is 19.6. The van der Waals surface area contributed by atoms with Gasteiger partial charge >= 0.3 is 6.09 Å². The lowest BCUT2D eigenvalue weighted by Gasteiger charge is -2.33. The molecule has 2 bridgehead atoms. The monoisotopic (exact) mass is 430 g/mol. The van der Waals surface area contributed by atoms with Crippen molar-refractivity contribution in [3.8, 4) is 5.82 Å². The SMILES string of the molecule is O=C(O)N1C[C@@H]2C[C@H]1CN2c1cc(-n2nc(Nc3cnccn3)c3cccnc32)ncn1. The molecule has 0 spiro atoms. The van der Waals surface area contributed by atoms with Gasteiger partial charge in [0.05, 0.1) is 23.7 Å². The van der Waals surface area contributed by atoms with E-state index in [0.717, 1.165) is 17.6 Å². The van der Waals surface area contributed by atoms with Gasteiger partial charge in [0.2, 0.25) is 0 Å². The van der Waals surface area contributed by atoms with Gasteiger partial charge in [0, 0.05) is 37.7 Å². The number of carboxylic acid groups (broad SMARTS) is 1. The Labute approximate surface area is 181 Å². The summed E-state index contributed by atoms with van der Waals surface area (Å²) < 4.78 is 1.66. The van der Waals surface area contributed by atoms with Crippen LogP contribution < -0.4 is 10.2 Å². The van der Waals surface area contributed by atoms with Crippen LogP contribution in [0.1, 0.15) is 6.42 Å². The second-order valence-electron chi connectivity index (χ2n) is 7.72. The minimum atomic E-state index is -0.863. The number of nitrogens with zero attached hydrogens (tertiary/aromatic N) is 9. The van der Waals surface area contributed by atoms with Crippen LogP contribution in [-0.4, -0.2) is 76.0 Å². The molecule has 12 nitrogen and oxygen atoms in total. The molecule has 6 rings (SSSR count). The zero-order valence-corrected chi connectivity index (χ0v) is 16.8. The average molecular weight is 430 g/mol. The molecule has 1 amide bonds. The summed E-state index contributed by atoms with van der Waals surface area (Å²) in [6.07, 6.45) is 7.97. The number of carbonyl (C=O) groups is 1. The van der Waals surface area contributed by atoms with E-state index in [9.17, 15) is 9.90 Å². The molecule has 6 heterocycles. The van der Waals surface area contributed by atoms with Crippen LogP contribution in [0.5, 0.6) is 0 Å². The van der Waals surface area contributed by atoms with Crippen molar-refractivity contribution in [1.82, 2.24) is 39.6 Å². The molecule has 2 aliphatic rings. The minimum absolute atomic E-state index is 0.00843. The average Bonchev–Trinajstić information content (AvgIpc) is 3.53. The van der Waals surface area contributed by atoms with E-state index >= 15 is 0 Å². The first-order chi connectivity index (χ1) is 15.7. The summed E-state index contributed by atoms with van der Waals surface area (Å²) in [5, 5.41) is 18.0. The maximum Gasteiger partial charge on any atom is 0.407 e. The first-order valence-electron chi connectivity index (χ1n) is 10.1. The van der Waals surface area contributed by atoms with Crippen molar-refractivity contribution < 1.29 is 9.90 Å². The molecule has 4 aromatic heterocycles. The predicted octanol–water partition coefficient (Wildman–Crippen LogP) is 1.68. The maximum atomic E-state index is 11.4. The molecule has 0 aromatic carbocycles. The lowest BCUT2D eigenvalue weighted by Crippen LogP contribution is -2.48. The third-order valence-electron chi connectivity index (χ3n) is 5.89. The predicted molar refractivity (Wildman–Crippen MR) is 114 cm³/mol. The van der Waals surface area contributed by atoms with Gasteiger partial charge in [-0.2, -0.15) is 4.68 Å². The molecular formula is C20H18N10O2. The fourth-order valence-electron chi connectivity index (χ4n) is 4.48. The number of piperazine rings is 1. The lowest BCUT2D eigenvalue weighted by atomic mass is 10.2. The van der Waals surface area contributed by atoms with Gasteiger partial charge in [0.25, 0.3) is 0 Å². The highest BCUT2D eigenvalue weighted by Gasteiger charge is 2.46. The number of hydrogen-bond donors (Lipinski definition) is 2. The van der Waals surface area contributed by atoms with Crippen molar-refractivity contribution in [2.75, 3.05) is 23.3 Å². The van der Waals surface area contributed by atoms with Crippen LogP contribution in [0.25, 0.3) is 16.9 Å². The summed E-state index contributed by atoms with van der Waals surface area (Å²) in [5.74, 6) is 2.48. The van der Waals surface area contributed by atoms with Gasteiger partial charge in [-0.3, -0.25) is 4.98 Å². The molecule has 0 radical (unpaired) electrons. The third-order valence-corrected chi connectivity index (χ3v) is 5.89. The molecule has 2 aliphatic heterocycles. The van der Waals surface area contributed by atoms with E-state index in [1.807, 2.05) is 18.2 Å².